The third kappa shape index (κ3) is 4.45. The molecule has 0 aliphatic carbocycles. The summed E-state index contributed by atoms with van der Waals surface area (Å²) in [6, 6.07) is 16.3. The first kappa shape index (κ1) is 14.9. The van der Waals surface area contributed by atoms with Gasteiger partial charge in [0.05, 0.1) is 11.4 Å². The zero-order chi connectivity index (χ0) is 15.9. The summed E-state index contributed by atoms with van der Waals surface area (Å²) in [7, 11) is 0. The summed E-state index contributed by atoms with van der Waals surface area (Å²) >= 11 is 0. The van der Waals surface area contributed by atoms with Gasteiger partial charge < -0.3 is 0 Å². The van der Waals surface area contributed by atoms with Crippen LogP contribution in [0, 0.1) is 5.82 Å². The van der Waals surface area contributed by atoms with Gasteiger partial charge in [-0.2, -0.15) is 0 Å². The molecule has 0 radical (unpaired) electrons. The fourth-order valence-corrected chi connectivity index (χ4v) is 2.14. The normalized spacial score (nSPS) is 11.3. The van der Waals surface area contributed by atoms with Crippen molar-refractivity contribution in [2.45, 2.75) is 0 Å². The Bertz CT molecular complexity index is 757. The maximum Gasteiger partial charge on any atom is 0.124 e. The van der Waals surface area contributed by atoms with Crippen LogP contribution in [0.5, 0.6) is 0 Å². The lowest BCUT2D eigenvalue weighted by molar-refractivity contribution is 0.627. The van der Waals surface area contributed by atoms with Crippen molar-refractivity contribution in [3.05, 3.63) is 95.3 Å². The van der Waals surface area contributed by atoms with Gasteiger partial charge in [0.2, 0.25) is 0 Å². The van der Waals surface area contributed by atoms with E-state index in [9.17, 15) is 4.39 Å². The van der Waals surface area contributed by atoms with E-state index in [1.807, 2.05) is 66.8 Å². The summed E-state index contributed by atoms with van der Waals surface area (Å²) in [5.41, 5.74) is 3.25. The molecular formula is C20H15FN2. The first-order valence-electron chi connectivity index (χ1n) is 7.28. The fourth-order valence-electron chi connectivity index (χ4n) is 2.14. The van der Waals surface area contributed by atoms with Crippen molar-refractivity contribution >= 4 is 24.3 Å². The molecule has 2 heterocycles. The second kappa shape index (κ2) is 7.27. The predicted octanol–water partition coefficient (Wildman–Crippen LogP) is 4.96. The van der Waals surface area contributed by atoms with E-state index in [4.69, 9.17) is 0 Å². The third-order valence-electron chi connectivity index (χ3n) is 3.21. The minimum atomic E-state index is -0.270. The molecule has 0 saturated carbocycles. The minimum Gasteiger partial charge on any atom is -0.257 e. The molecule has 0 unspecified atom stereocenters. The van der Waals surface area contributed by atoms with E-state index in [1.54, 1.807) is 12.4 Å². The highest BCUT2D eigenvalue weighted by Crippen LogP contribution is 2.15. The molecule has 3 rings (SSSR count). The highest BCUT2D eigenvalue weighted by atomic mass is 19.1. The minimum absolute atomic E-state index is 0.270. The zero-order valence-electron chi connectivity index (χ0n) is 12.4. The Morgan fingerprint density at radius 2 is 1.17 bits per heavy atom. The van der Waals surface area contributed by atoms with E-state index in [2.05, 4.69) is 9.97 Å². The van der Waals surface area contributed by atoms with Crippen molar-refractivity contribution in [1.29, 1.82) is 0 Å². The van der Waals surface area contributed by atoms with E-state index in [0.717, 1.165) is 22.5 Å². The molecule has 112 valence electrons. The standard InChI is InChI=1S/C20H15FN2/c21-18-14-16(7-9-19-5-1-3-11-22-19)13-17(15-18)8-10-20-6-2-4-12-23-20/h1-15H. The molecule has 0 bridgehead atoms. The van der Waals surface area contributed by atoms with Gasteiger partial charge in [-0.05, 0) is 65.7 Å². The van der Waals surface area contributed by atoms with Gasteiger partial charge in [-0.25, -0.2) is 4.39 Å². The Kier molecular flexibility index (Phi) is 4.69. The lowest BCUT2D eigenvalue weighted by Gasteiger charge is -1.99. The van der Waals surface area contributed by atoms with Crippen LogP contribution in [0.25, 0.3) is 24.3 Å². The molecule has 0 saturated heterocycles. The first-order valence-corrected chi connectivity index (χ1v) is 7.28. The molecule has 2 nitrogen and oxygen atoms in total. The van der Waals surface area contributed by atoms with Crippen LogP contribution < -0.4 is 0 Å². The molecule has 3 heteroatoms. The van der Waals surface area contributed by atoms with Gasteiger partial charge in [0.15, 0.2) is 0 Å². The van der Waals surface area contributed by atoms with Crippen LogP contribution in [0.3, 0.4) is 0 Å². The van der Waals surface area contributed by atoms with Crippen molar-refractivity contribution in [3.63, 3.8) is 0 Å². The molecule has 2 aromatic heterocycles. The largest absolute Gasteiger partial charge is 0.257 e. The Balaban J connectivity index is 1.82. The third-order valence-corrected chi connectivity index (χ3v) is 3.21. The highest BCUT2D eigenvalue weighted by molar-refractivity contribution is 5.73. The van der Waals surface area contributed by atoms with Crippen LogP contribution in [-0.4, -0.2) is 9.97 Å². The summed E-state index contributed by atoms with van der Waals surface area (Å²) < 4.78 is 13.8. The molecular weight excluding hydrogens is 287 g/mol. The first-order chi connectivity index (χ1) is 11.3. The van der Waals surface area contributed by atoms with Crippen molar-refractivity contribution in [3.8, 4) is 0 Å². The van der Waals surface area contributed by atoms with Crippen molar-refractivity contribution < 1.29 is 4.39 Å². The topological polar surface area (TPSA) is 25.8 Å². The summed E-state index contributed by atoms with van der Waals surface area (Å²) in [5, 5.41) is 0. The summed E-state index contributed by atoms with van der Waals surface area (Å²) in [6.45, 7) is 0. The summed E-state index contributed by atoms with van der Waals surface area (Å²) in [6.07, 6.45) is 10.9. The molecule has 0 atom stereocenters. The number of hydrogen-bond donors (Lipinski definition) is 0. The molecule has 3 aromatic rings. The molecule has 0 N–H and O–H groups in total. The number of hydrogen-bond acceptors (Lipinski definition) is 2. The van der Waals surface area contributed by atoms with Crippen LogP contribution in [0.15, 0.2) is 67.0 Å². The lowest BCUT2D eigenvalue weighted by atomic mass is 10.1. The SMILES string of the molecule is Fc1cc(C=Cc2ccccn2)cc(C=Cc2ccccn2)c1. The number of pyridine rings is 2. The number of nitrogens with zero attached hydrogens (tertiary/aromatic N) is 2. The molecule has 23 heavy (non-hydrogen) atoms. The van der Waals surface area contributed by atoms with Crippen LogP contribution in [0.1, 0.15) is 22.5 Å². The number of aromatic nitrogens is 2. The lowest BCUT2D eigenvalue weighted by Crippen LogP contribution is -1.83. The molecule has 0 aliphatic rings. The van der Waals surface area contributed by atoms with Gasteiger partial charge in [0.25, 0.3) is 0 Å². The predicted molar refractivity (Wildman–Crippen MR) is 92.7 cm³/mol. The summed E-state index contributed by atoms with van der Waals surface area (Å²) in [4.78, 5) is 8.42. The Morgan fingerprint density at radius 1 is 0.652 bits per heavy atom. The van der Waals surface area contributed by atoms with E-state index in [-0.39, 0.29) is 5.82 Å². The molecule has 0 spiro atoms. The monoisotopic (exact) mass is 302 g/mol. The van der Waals surface area contributed by atoms with Gasteiger partial charge >= 0.3 is 0 Å². The maximum atomic E-state index is 13.8. The zero-order valence-corrected chi connectivity index (χ0v) is 12.4. The quantitative estimate of drug-likeness (QED) is 0.681. The summed E-state index contributed by atoms with van der Waals surface area (Å²) in [5.74, 6) is -0.270. The van der Waals surface area contributed by atoms with Crippen LogP contribution >= 0.6 is 0 Å². The van der Waals surface area contributed by atoms with E-state index in [1.165, 1.54) is 12.1 Å². The smallest absolute Gasteiger partial charge is 0.124 e. The van der Waals surface area contributed by atoms with E-state index in [0.29, 0.717) is 0 Å². The van der Waals surface area contributed by atoms with Gasteiger partial charge in [-0.3, -0.25) is 9.97 Å². The van der Waals surface area contributed by atoms with E-state index < -0.39 is 0 Å². The average molecular weight is 302 g/mol. The molecule has 0 aliphatic heterocycles. The highest BCUT2D eigenvalue weighted by Gasteiger charge is 1.97. The number of benzene rings is 1. The van der Waals surface area contributed by atoms with Crippen LogP contribution in [0.4, 0.5) is 4.39 Å². The Hall–Kier alpha value is -3.07. The van der Waals surface area contributed by atoms with Crippen molar-refractivity contribution in [2.24, 2.45) is 0 Å². The molecule has 1 aromatic carbocycles. The Morgan fingerprint density at radius 3 is 1.61 bits per heavy atom. The fraction of sp³-hybridized carbons (Fsp3) is 0. The number of halogens is 1. The molecule has 0 amide bonds. The van der Waals surface area contributed by atoms with Crippen LogP contribution in [-0.2, 0) is 0 Å². The van der Waals surface area contributed by atoms with E-state index >= 15 is 0 Å². The van der Waals surface area contributed by atoms with Gasteiger partial charge in [-0.1, -0.05) is 24.3 Å². The maximum absolute atomic E-state index is 13.8. The van der Waals surface area contributed by atoms with Gasteiger partial charge in [0, 0.05) is 12.4 Å². The van der Waals surface area contributed by atoms with Crippen molar-refractivity contribution in [2.75, 3.05) is 0 Å². The molecule has 0 fully saturated rings. The average Bonchev–Trinajstić information content (AvgIpc) is 2.60. The second-order valence-corrected chi connectivity index (χ2v) is 4.99. The van der Waals surface area contributed by atoms with Gasteiger partial charge in [-0.15, -0.1) is 0 Å². The van der Waals surface area contributed by atoms with Crippen molar-refractivity contribution in [1.82, 2.24) is 9.97 Å². The second-order valence-electron chi connectivity index (χ2n) is 4.99. The van der Waals surface area contributed by atoms with Gasteiger partial charge in [0.1, 0.15) is 5.82 Å². The van der Waals surface area contributed by atoms with Crippen LogP contribution in [0.2, 0.25) is 0 Å². The number of rotatable bonds is 4. The Labute approximate surface area is 134 Å².